The highest BCUT2D eigenvalue weighted by atomic mass is 32.2. The first-order valence-electron chi connectivity index (χ1n) is 8.36. The molecule has 7 nitrogen and oxygen atoms in total. The third kappa shape index (κ3) is 5.53. The van der Waals surface area contributed by atoms with Gasteiger partial charge in [-0.1, -0.05) is 12.1 Å². The van der Waals surface area contributed by atoms with Gasteiger partial charge in [-0.05, 0) is 49.7 Å². The summed E-state index contributed by atoms with van der Waals surface area (Å²) in [5.74, 6) is -0.255. The molecule has 2 rings (SSSR count). The number of sulfonamides is 1. The van der Waals surface area contributed by atoms with Crippen molar-refractivity contribution in [1.82, 2.24) is 4.72 Å². The molecule has 27 heavy (non-hydrogen) atoms. The van der Waals surface area contributed by atoms with E-state index in [0.717, 1.165) is 5.56 Å². The van der Waals surface area contributed by atoms with E-state index in [1.54, 1.807) is 39.2 Å². The SMILES string of the molecule is COCc1cccc(NC(=O)c2ccc(OC)c(S(=O)(=O)NC(C)C)c2)c1. The highest BCUT2D eigenvalue weighted by molar-refractivity contribution is 7.89. The molecule has 0 unspecified atom stereocenters. The largest absolute Gasteiger partial charge is 0.495 e. The Kier molecular flexibility index (Phi) is 6.95. The summed E-state index contributed by atoms with van der Waals surface area (Å²) in [6.45, 7) is 3.86. The molecule has 0 fully saturated rings. The third-order valence-corrected chi connectivity index (χ3v) is 5.28. The van der Waals surface area contributed by atoms with E-state index < -0.39 is 15.9 Å². The van der Waals surface area contributed by atoms with Crippen LogP contribution < -0.4 is 14.8 Å². The maximum Gasteiger partial charge on any atom is 0.255 e. The second-order valence-corrected chi connectivity index (χ2v) is 7.91. The zero-order valence-electron chi connectivity index (χ0n) is 15.8. The summed E-state index contributed by atoms with van der Waals surface area (Å²) >= 11 is 0. The molecule has 0 radical (unpaired) electrons. The van der Waals surface area contributed by atoms with E-state index in [1.165, 1.54) is 25.3 Å². The Morgan fingerprint density at radius 3 is 2.48 bits per heavy atom. The van der Waals surface area contributed by atoms with Crippen molar-refractivity contribution in [3.8, 4) is 5.75 Å². The molecule has 146 valence electrons. The van der Waals surface area contributed by atoms with Gasteiger partial charge in [0.05, 0.1) is 13.7 Å². The molecule has 0 aliphatic carbocycles. The monoisotopic (exact) mass is 392 g/mol. The molecule has 0 aromatic heterocycles. The van der Waals surface area contributed by atoms with Gasteiger partial charge in [0.2, 0.25) is 10.0 Å². The quantitative estimate of drug-likeness (QED) is 0.720. The van der Waals surface area contributed by atoms with E-state index in [2.05, 4.69) is 10.0 Å². The molecule has 2 aromatic carbocycles. The number of amides is 1. The van der Waals surface area contributed by atoms with Crippen molar-refractivity contribution in [2.45, 2.75) is 31.4 Å². The molecule has 0 saturated carbocycles. The lowest BCUT2D eigenvalue weighted by Crippen LogP contribution is -2.30. The number of ether oxygens (including phenoxy) is 2. The first-order chi connectivity index (χ1) is 12.8. The normalized spacial score (nSPS) is 11.4. The van der Waals surface area contributed by atoms with Crippen LogP contribution in [0.25, 0.3) is 0 Å². The molecule has 2 aromatic rings. The van der Waals surface area contributed by atoms with Crippen LogP contribution in [-0.4, -0.2) is 34.6 Å². The zero-order valence-corrected chi connectivity index (χ0v) is 16.6. The minimum Gasteiger partial charge on any atom is -0.495 e. The first kappa shape index (κ1) is 20.9. The fraction of sp³-hybridized carbons (Fsp3) is 0.316. The van der Waals surface area contributed by atoms with Crippen molar-refractivity contribution in [1.29, 1.82) is 0 Å². The van der Waals surface area contributed by atoms with Gasteiger partial charge in [0.1, 0.15) is 10.6 Å². The average Bonchev–Trinajstić information content (AvgIpc) is 2.60. The van der Waals surface area contributed by atoms with Gasteiger partial charge in [-0.25, -0.2) is 13.1 Å². The number of carbonyl (C=O) groups excluding carboxylic acids is 1. The number of hydrogen-bond acceptors (Lipinski definition) is 5. The number of benzene rings is 2. The summed E-state index contributed by atoms with van der Waals surface area (Å²) in [5, 5.41) is 2.76. The molecular weight excluding hydrogens is 368 g/mol. The van der Waals surface area contributed by atoms with E-state index in [4.69, 9.17) is 9.47 Å². The van der Waals surface area contributed by atoms with Crippen molar-refractivity contribution in [3.05, 3.63) is 53.6 Å². The summed E-state index contributed by atoms with van der Waals surface area (Å²) in [6.07, 6.45) is 0. The minimum absolute atomic E-state index is 0.0838. The van der Waals surface area contributed by atoms with Crippen molar-refractivity contribution >= 4 is 21.6 Å². The van der Waals surface area contributed by atoms with E-state index >= 15 is 0 Å². The van der Waals surface area contributed by atoms with E-state index in [-0.39, 0.29) is 22.3 Å². The fourth-order valence-corrected chi connectivity index (χ4v) is 3.96. The standard InChI is InChI=1S/C19H24N2O5S/c1-13(2)21-27(23,24)18-11-15(8-9-17(18)26-4)19(22)20-16-7-5-6-14(10-16)12-25-3/h5-11,13,21H,12H2,1-4H3,(H,20,22). The van der Waals surface area contributed by atoms with Crippen LogP contribution >= 0.6 is 0 Å². The second-order valence-electron chi connectivity index (χ2n) is 6.23. The number of methoxy groups -OCH3 is 2. The summed E-state index contributed by atoms with van der Waals surface area (Å²) in [6, 6.07) is 11.2. The molecule has 0 bridgehead atoms. The van der Waals surface area contributed by atoms with Gasteiger partial charge in [-0.3, -0.25) is 4.79 Å². The predicted octanol–water partition coefficient (Wildman–Crippen LogP) is 2.78. The van der Waals surface area contributed by atoms with Crippen LogP contribution in [0, 0.1) is 0 Å². The Bertz CT molecular complexity index is 910. The van der Waals surface area contributed by atoms with Crippen LogP contribution in [0.5, 0.6) is 5.75 Å². The lowest BCUT2D eigenvalue weighted by Gasteiger charge is -2.14. The number of rotatable bonds is 8. The Hall–Kier alpha value is -2.42. The summed E-state index contributed by atoms with van der Waals surface area (Å²) in [5.41, 5.74) is 1.71. The van der Waals surface area contributed by atoms with Gasteiger partial charge in [0.25, 0.3) is 5.91 Å². The summed E-state index contributed by atoms with van der Waals surface area (Å²) in [7, 11) is -0.844. The average molecular weight is 392 g/mol. The van der Waals surface area contributed by atoms with Crippen LogP contribution in [0.15, 0.2) is 47.4 Å². The van der Waals surface area contributed by atoms with Gasteiger partial charge in [0.15, 0.2) is 0 Å². The van der Waals surface area contributed by atoms with Gasteiger partial charge in [-0.15, -0.1) is 0 Å². The number of carbonyl (C=O) groups is 1. The van der Waals surface area contributed by atoms with Crippen LogP contribution in [-0.2, 0) is 21.4 Å². The molecule has 8 heteroatoms. The molecule has 0 saturated heterocycles. The molecule has 0 aliphatic rings. The topological polar surface area (TPSA) is 93.7 Å². The number of anilines is 1. The molecule has 0 atom stereocenters. The highest BCUT2D eigenvalue weighted by Gasteiger charge is 2.22. The van der Waals surface area contributed by atoms with Crippen molar-refractivity contribution < 1.29 is 22.7 Å². The molecule has 0 spiro atoms. The van der Waals surface area contributed by atoms with Crippen molar-refractivity contribution in [2.24, 2.45) is 0 Å². The number of hydrogen-bond donors (Lipinski definition) is 2. The second kappa shape index (κ2) is 8.98. The predicted molar refractivity (Wildman–Crippen MR) is 104 cm³/mol. The van der Waals surface area contributed by atoms with E-state index in [1.807, 2.05) is 6.07 Å². The van der Waals surface area contributed by atoms with Crippen LogP contribution in [0.2, 0.25) is 0 Å². The smallest absolute Gasteiger partial charge is 0.255 e. The third-order valence-electron chi connectivity index (χ3n) is 3.60. The van der Waals surface area contributed by atoms with Crippen molar-refractivity contribution in [3.63, 3.8) is 0 Å². The maximum absolute atomic E-state index is 12.6. The van der Waals surface area contributed by atoms with Gasteiger partial charge in [0, 0.05) is 24.4 Å². The lowest BCUT2D eigenvalue weighted by atomic mass is 10.1. The first-order valence-corrected chi connectivity index (χ1v) is 9.84. The van der Waals surface area contributed by atoms with Crippen LogP contribution in [0.4, 0.5) is 5.69 Å². The Morgan fingerprint density at radius 1 is 1.11 bits per heavy atom. The summed E-state index contributed by atoms with van der Waals surface area (Å²) < 4.78 is 37.8. The highest BCUT2D eigenvalue weighted by Crippen LogP contribution is 2.25. The number of nitrogens with one attached hydrogen (secondary N) is 2. The maximum atomic E-state index is 12.6. The Balaban J connectivity index is 2.32. The molecular formula is C19H24N2O5S. The van der Waals surface area contributed by atoms with Crippen molar-refractivity contribution in [2.75, 3.05) is 19.5 Å². The van der Waals surface area contributed by atoms with Gasteiger partial charge < -0.3 is 14.8 Å². The van der Waals surface area contributed by atoms with Gasteiger partial charge >= 0.3 is 0 Å². The Morgan fingerprint density at radius 2 is 1.85 bits per heavy atom. The van der Waals surface area contributed by atoms with Crippen LogP contribution in [0.1, 0.15) is 29.8 Å². The summed E-state index contributed by atoms with van der Waals surface area (Å²) in [4.78, 5) is 12.5. The molecule has 0 aliphatic heterocycles. The lowest BCUT2D eigenvalue weighted by molar-refractivity contribution is 0.102. The molecule has 2 N–H and O–H groups in total. The van der Waals surface area contributed by atoms with E-state index in [0.29, 0.717) is 12.3 Å². The molecule has 1 amide bonds. The minimum atomic E-state index is -3.82. The fourth-order valence-electron chi connectivity index (χ4n) is 2.51. The van der Waals surface area contributed by atoms with Gasteiger partial charge in [-0.2, -0.15) is 0 Å². The van der Waals surface area contributed by atoms with Crippen LogP contribution in [0.3, 0.4) is 0 Å². The zero-order chi connectivity index (χ0) is 20.0. The van der Waals surface area contributed by atoms with E-state index in [9.17, 15) is 13.2 Å². The molecule has 0 heterocycles. The Labute approximate surface area is 159 Å².